The Labute approximate surface area is 122 Å². The lowest BCUT2D eigenvalue weighted by molar-refractivity contribution is -0.131. The van der Waals surface area contributed by atoms with E-state index < -0.39 is 17.7 Å². The van der Waals surface area contributed by atoms with Gasteiger partial charge < -0.3 is 10.4 Å². The van der Waals surface area contributed by atoms with Crippen LogP contribution < -0.4 is 5.32 Å². The Morgan fingerprint density at radius 1 is 1.43 bits per heavy atom. The van der Waals surface area contributed by atoms with E-state index in [0.717, 1.165) is 25.3 Å². The van der Waals surface area contributed by atoms with Crippen LogP contribution >= 0.6 is 0 Å². The number of rotatable bonds is 5. The fraction of sp³-hybridized carbons (Fsp3) is 0.375. The summed E-state index contributed by atoms with van der Waals surface area (Å²) >= 11 is 0. The number of nitrogens with one attached hydrogen (secondary N) is 1. The number of hydrogen-bond donors (Lipinski definition) is 2. The molecule has 0 unspecified atom stereocenters. The maximum absolute atomic E-state index is 13.7. The molecule has 0 radical (unpaired) electrons. The topological polar surface area (TPSA) is 66.4 Å². The van der Waals surface area contributed by atoms with Gasteiger partial charge in [0.15, 0.2) is 0 Å². The number of carbonyl (C=O) groups is 2. The molecular weight excluding hydrogens is 273 g/mol. The zero-order valence-electron chi connectivity index (χ0n) is 11.9. The van der Waals surface area contributed by atoms with Gasteiger partial charge in [0.25, 0.3) is 5.91 Å². The Bertz CT molecular complexity index is 591. The molecule has 1 saturated carbocycles. The molecule has 21 heavy (non-hydrogen) atoms. The third-order valence-corrected chi connectivity index (χ3v) is 3.89. The molecule has 1 aromatic carbocycles. The molecule has 1 aromatic rings. The number of carbonyl (C=O) groups excluding carboxylic acids is 1. The summed E-state index contributed by atoms with van der Waals surface area (Å²) in [5, 5.41) is 11.3. The molecule has 0 aliphatic heterocycles. The van der Waals surface area contributed by atoms with Gasteiger partial charge in [0, 0.05) is 12.6 Å². The number of halogens is 1. The highest BCUT2D eigenvalue weighted by Crippen LogP contribution is 2.39. The summed E-state index contributed by atoms with van der Waals surface area (Å²) in [5.74, 6) is -2.17. The monoisotopic (exact) mass is 291 g/mol. The Hall–Kier alpha value is -2.17. The maximum Gasteiger partial charge on any atom is 0.328 e. The van der Waals surface area contributed by atoms with Crippen LogP contribution in [0.3, 0.4) is 0 Å². The molecule has 0 bridgehead atoms. The van der Waals surface area contributed by atoms with E-state index in [-0.39, 0.29) is 11.0 Å². The average molecular weight is 291 g/mol. The summed E-state index contributed by atoms with van der Waals surface area (Å²) in [5.41, 5.74) is 0.525. The van der Waals surface area contributed by atoms with Crippen LogP contribution in [0, 0.1) is 11.2 Å². The molecule has 2 N–H and O–H groups in total. The first-order valence-corrected chi connectivity index (χ1v) is 6.88. The minimum absolute atomic E-state index is 0.0644. The van der Waals surface area contributed by atoms with Crippen LogP contribution in [0.15, 0.2) is 24.3 Å². The molecule has 1 aliphatic rings. The van der Waals surface area contributed by atoms with Crippen LogP contribution in [0.4, 0.5) is 4.39 Å². The molecular formula is C16H18FNO3. The van der Waals surface area contributed by atoms with Gasteiger partial charge in [-0.3, -0.25) is 4.79 Å². The van der Waals surface area contributed by atoms with Gasteiger partial charge in [-0.25, -0.2) is 9.18 Å². The van der Waals surface area contributed by atoms with Crippen molar-refractivity contribution in [3.8, 4) is 0 Å². The van der Waals surface area contributed by atoms with Crippen LogP contribution in [0.5, 0.6) is 0 Å². The molecule has 1 amide bonds. The third-order valence-electron chi connectivity index (χ3n) is 3.89. The van der Waals surface area contributed by atoms with Gasteiger partial charge in [0.05, 0.1) is 5.56 Å². The zero-order chi connectivity index (χ0) is 15.5. The van der Waals surface area contributed by atoms with E-state index in [1.165, 1.54) is 24.3 Å². The van der Waals surface area contributed by atoms with E-state index in [1.54, 1.807) is 0 Å². The first kappa shape index (κ1) is 15.2. The second-order valence-corrected chi connectivity index (χ2v) is 5.76. The van der Waals surface area contributed by atoms with Crippen LogP contribution in [-0.2, 0) is 4.79 Å². The van der Waals surface area contributed by atoms with Crippen LogP contribution in [0.1, 0.15) is 42.1 Å². The van der Waals surface area contributed by atoms with Crippen LogP contribution in [0.2, 0.25) is 0 Å². The summed E-state index contributed by atoms with van der Waals surface area (Å²) in [4.78, 5) is 22.5. The summed E-state index contributed by atoms with van der Waals surface area (Å²) in [6.45, 7) is 2.62. The smallest absolute Gasteiger partial charge is 0.328 e. The van der Waals surface area contributed by atoms with Gasteiger partial charge in [0.1, 0.15) is 5.82 Å². The predicted molar refractivity (Wildman–Crippen MR) is 77.4 cm³/mol. The van der Waals surface area contributed by atoms with E-state index in [4.69, 9.17) is 5.11 Å². The van der Waals surface area contributed by atoms with Crippen molar-refractivity contribution < 1.29 is 19.1 Å². The van der Waals surface area contributed by atoms with Crippen LogP contribution in [-0.4, -0.2) is 23.5 Å². The molecule has 1 fully saturated rings. The average Bonchev–Trinajstić information content (AvgIpc) is 2.41. The second-order valence-electron chi connectivity index (χ2n) is 5.76. The normalized spacial score (nSPS) is 16.5. The number of amides is 1. The maximum atomic E-state index is 13.7. The van der Waals surface area contributed by atoms with Crippen molar-refractivity contribution in [2.24, 2.45) is 5.41 Å². The van der Waals surface area contributed by atoms with E-state index in [9.17, 15) is 14.0 Å². The number of carboxylic acid groups (broad SMARTS) is 1. The minimum Gasteiger partial charge on any atom is -0.478 e. The lowest BCUT2D eigenvalue weighted by atomic mass is 9.70. The van der Waals surface area contributed by atoms with E-state index >= 15 is 0 Å². The second kappa shape index (κ2) is 6.08. The van der Waals surface area contributed by atoms with E-state index in [1.807, 2.05) is 0 Å². The molecule has 4 nitrogen and oxygen atoms in total. The Kier molecular flexibility index (Phi) is 4.40. The molecule has 0 heterocycles. The molecule has 1 aliphatic carbocycles. The van der Waals surface area contributed by atoms with Gasteiger partial charge in [-0.05, 0) is 42.0 Å². The molecule has 0 saturated heterocycles. The Morgan fingerprint density at radius 2 is 2.14 bits per heavy atom. The first-order chi connectivity index (χ1) is 9.89. The number of hydrogen-bond acceptors (Lipinski definition) is 2. The standard InChI is InChI=1S/C16H18FNO3/c1-16(7-2-8-16)10-18-15(21)12-9-11(3-5-13(12)17)4-6-14(19)20/h3-6,9H,2,7-8,10H2,1H3,(H,18,21)(H,19,20)/b6-4+. The summed E-state index contributed by atoms with van der Waals surface area (Å²) in [6.07, 6.45) is 5.57. The highest BCUT2D eigenvalue weighted by Gasteiger charge is 2.32. The Morgan fingerprint density at radius 3 is 2.71 bits per heavy atom. The van der Waals surface area contributed by atoms with Crippen molar-refractivity contribution in [3.05, 3.63) is 41.2 Å². The first-order valence-electron chi connectivity index (χ1n) is 6.88. The van der Waals surface area contributed by atoms with Crippen molar-refractivity contribution in [2.45, 2.75) is 26.2 Å². The Balaban J connectivity index is 2.08. The van der Waals surface area contributed by atoms with Crippen molar-refractivity contribution in [1.29, 1.82) is 0 Å². The summed E-state index contributed by atoms with van der Waals surface area (Å²) in [7, 11) is 0. The molecule has 5 heteroatoms. The zero-order valence-corrected chi connectivity index (χ0v) is 11.9. The van der Waals surface area contributed by atoms with Gasteiger partial charge in [0.2, 0.25) is 0 Å². The van der Waals surface area contributed by atoms with E-state index in [2.05, 4.69) is 12.2 Å². The summed E-state index contributed by atoms with van der Waals surface area (Å²) in [6, 6.07) is 3.95. The lowest BCUT2D eigenvalue weighted by Crippen LogP contribution is -2.40. The van der Waals surface area contributed by atoms with Crippen molar-refractivity contribution >= 4 is 18.0 Å². The van der Waals surface area contributed by atoms with Gasteiger partial charge in [-0.1, -0.05) is 19.4 Å². The highest BCUT2D eigenvalue weighted by atomic mass is 19.1. The van der Waals surface area contributed by atoms with Crippen molar-refractivity contribution in [3.63, 3.8) is 0 Å². The number of benzene rings is 1. The molecule has 112 valence electrons. The predicted octanol–water partition coefficient (Wildman–Crippen LogP) is 2.84. The van der Waals surface area contributed by atoms with Crippen molar-refractivity contribution in [2.75, 3.05) is 6.54 Å². The fourth-order valence-corrected chi connectivity index (χ4v) is 2.33. The van der Waals surface area contributed by atoms with Crippen molar-refractivity contribution in [1.82, 2.24) is 5.32 Å². The van der Waals surface area contributed by atoms with Gasteiger partial charge >= 0.3 is 5.97 Å². The number of carboxylic acids is 1. The van der Waals surface area contributed by atoms with E-state index in [0.29, 0.717) is 12.1 Å². The third kappa shape index (κ3) is 3.90. The van der Waals surface area contributed by atoms with Crippen LogP contribution in [0.25, 0.3) is 6.08 Å². The quantitative estimate of drug-likeness (QED) is 0.820. The van der Waals surface area contributed by atoms with Gasteiger partial charge in [-0.15, -0.1) is 0 Å². The molecule has 2 rings (SSSR count). The highest BCUT2D eigenvalue weighted by molar-refractivity contribution is 5.95. The molecule has 0 atom stereocenters. The SMILES string of the molecule is CC1(CNC(=O)c2cc(/C=C/C(=O)O)ccc2F)CCC1. The summed E-state index contributed by atoms with van der Waals surface area (Å²) < 4.78 is 13.7. The molecule has 0 spiro atoms. The number of aliphatic carboxylic acids is 1. The minimum atomic E-state index is -1.09. The lowest BCUT2D eigenvalue weighted by Gasteiger charge is -2.38. The molecule has 0 aromatic heterocycles. The fourth-order valence-electron chi connectivity index (χ4n) is 2.33. The van der Waals surface area contributed by atoms with Gasteiger partial charge in [-0.2, -0.15) is 0 Å². The largest absolute Gasteiger partial charge is 0.478 e.